The molecule has 0 radical (unpaired) electrons. The third-order valence-electron chi connectivity index (χ3n) is 3.82. The molecule has 4 heteroatoms. The van der Waals surface area contributed by atoms with E-state index >= 15 is 0 Å². The van der Waals surface area contributed by atoms with Crippen LogP contribution in [0.2, 0.25) is 5.02 Å². The zero-order chi connectivity index (χ0) is 14.0. The second kappa shape index (κ2) is 5.70. The molecule has 0 bridgehead atoms. The van der Waals surface area contributed by atoms with E-state index in [0.717, 1.165) is 5.56 Å². The van der Waals surface area contributed by atoms with Crippen LogP contribution >= 0.6 is 11.6 Å². The van der Waals surface area contributed by atoms with Gasteiger partial charge in [0, 0.05) is 12.8 Å². The highest BCUT2D eigenvalue weighted by atomic mass is 35.5. The van der Waals surface area contributed by atoms with Crippen LogP contribution in [0.15, 0.2) is 18.2 Å². The van der Waals surface area contributed by atoms with E-state index in [4.69, 9.17) is 21.1 Å². The van der Waals surface area contributed by atoms with Crippen molar-refractivity contribution in [1.82, 2.24) is 0 Å². The standard InChI is InChI=1S/C15H21ClO3/c1-10(2)14-9-15(17,6-7-19-14)11-4-5-12(16)13(8-11)18-3/h4-5,8,10,14,17H,6-7,9H2,1-3H3. The first kappa shape index (κ1) is 14.6. The summed E-state index contributed by atoms with van der Waals surface area (Å²) in [5.74, 6) is 0.987. The molecule has 106 valence electrons. The molecule has 1 aromatic rings. The Morgan fingerprint density at radius 3 is 2.84 bits per heavy atom. The monoisotopic (exact) mass is 284 g/mol. The Balaban J connectivity index is 2.28. The molecule has 1 N–H and O–H groups in total. The van der Waals surface area contributed by atoms with Crippen LogP contribution in [0.3, 0.4) is 0 Å². The van der Waals surface area contributed by atoms with E-state index in [1.807, 2.05) is 12.1 Å². The zero-order valence-electron chi connectivity index (χ0n) is 11.6. The lowest BCUT2D eigenvalue weighted by atomic mass is 9.81. The summed E-state index contributed by atoms with van der Waals surface area (Å²) in [5.41, 5.74) is -0.00637. The molecule has 0 spiro atoms. The fourth-order valence-electron chi connectivity index (χ4n) is 2.51. The van der Waals surface area contributed by atoms with Crippen LogP contribution < -0.4 is 4.74 Å². The van der Waals surface area contributed by atoms with Crippen LogP contribution in [-0.2, 0) is 10.3 Å². The topological polar surface area (TPSA) is 38.7 Å². The lowest BCUT2D eigenvalue weighted by Crippen LogP contribution is -2.40. The first-order chi connectivity index (χ1) is 8.96. The normalized spacial score (nSPS) is 27.6. The number of ether oxygens (including phenoxy) is 2. The molecular weight excluding hydrogens is 264 g/mol. The Kier molecular flexibility index (Phi) is 4.39. The average molecular weight is 285 g/mol. The molecule has 1 fully saturated rings. The van der Waals surface area contributed by atoms with E-state index < -0.39 is 5.60 Å². The fraction of sp³-hybridized carbons (Fsp3) is 0.600. The molecule has 1 saturated heterocycles. The van der Waals surface area contributed by atoms with E-state index in [1.165, 1.54) is 0 Å². The number of halogens is 1. The lowest BCUT2D eigenvalue weighted by molar-refractivity contribution is -0.121. The summed E-state index contributed by atoms with van der Waals surface area (Å²) >= 11 is 6.03. The minimum absolute atomic E-state index is 0.0837. The molecular formula is C15H21ClO3. The molecule has 2 rings (SSSR count). The summed E-state index contributed by atoms with van der Waals surface area (Å²) in [4.78, 5) is 0. The Hall–Kier alpha value is -0.770. The van der Waals surface area contributed by atoms with Crippen molar-refractivity contribution in [1.29, 1.82) is 0 Å². The van der Waals surface area contributed by atoms with Crippen LogP contribution in [0.5, 0.6) is 5.75 Å². The van der Waals surface area contributed by atoms with Gasteiger partial charge >= 0.3 is 0 Å². The molecule has 0 amide bonds. The van der Waals surface area contributed by atoms with E-state index in [9.17, 15) is 5.11 Å². The second-order valence-electron chi connectivity index (χ2n) is 5.49. The van der Waals surface area contributed by atoms with Crippen molar-refractivity contribution in [2.45, 2.75) is 38.4 Å². The number of hydrogen-bond donors (Lipinski definition) is 1. The maximum absolute atomic E-state index is 10.9. The molecule has 2 unspecified atom stereocenters. The third kappa shape index (κ3) is 3.04. The van der Waals surface area contributed by atoms with Gasteiger partial charge in [-0.15, -0.1) is 0 Å². The van der Waals surface area contributed by atoms with Crippen LogP contribution in [0.4, 0.5) is 0 Å². The highest BCUT2D eigenvalue weighted by molar-refractivity contribution is 6.32. The van der Waals surface area contributed by atoms with Gasteiger partial charge in [0.25, 0.3) is 0 Å². The summed E-state index contributed by atoms with van der Waals surface area (Å²) in [6.45, 7) is 4.79. The van der Waals surface area contributed by atoms with Gasteiger partial charge in [0.05, 0.1) is 30.4 Å². The largest absolute Gasteiger partial charge is 0.495 e. The van der Waals surface area contributed by atoms with Crippen molar-refractivity contribution in [3.05, 3.63) is 28.8 Å². The molecule has 0 saturated carbocycles. The van der Waals surface area contributed by atoms with Gasteiger partial charge in [-0.05, 0) is 23.6 Å². The number of methoxy groups -OCH3 is 1. The molecule has 0 aliphatic carbocycles. The van der Waals surface area contributed by atoms with Crippen LogP contribution in [0.1, 0.15) is 32.3 Å². The predicted octanol–water partition coefficient (Wildman–Crippen LogP) is 3.37. The van der Waals surface area contributed by atoms with E-state index in [1.54, 1.807) is 13.2 Å². The second-order valence-corrected chi connectivity index (χ2v) is 5.90. The number of rotatable bonds is 3. The summed E-state index contributed by atoms with van der Waals surface area (Å²) in [7, 11) is 1.58. The highest BCUT2D eigenvalue weighted by Gasteiger charge is 2.38. The van der Waals surface area contributed by atoms with Gasteiger partial charge in [-0.1, -0.05) is 31.5 Å². The Bertz CT molecular complexity index is 447. The van der Waals surface area contributed by atoms with E-state index in [0.29, 0.717) is 36.1 Å². The van der Waals surface area contributed by atoms with Gasteiger partial charge in [-0.2, -0.15) is 0 Å². The van der Waals surface area contributed by atoms with Crippen molar-refractivity contribution in [3.63, 3.8) is 0 Å². The first-order valence-electron chi connectivity index (χ1n) is 6.64. The van der Waals surface area contributed by atoms with Crippen LogP contribution in [0, 0.1) is 5.92 Å². The molecule has 2 atom stereocenters. The van der Waals surface area contributed by atoms with E-state index in [-0.39, 0.29) is 6.10 Å². The maximum atomic E-state index is 10.9. The first-order valence-corrected chi connectivity index (χ1v) is 7.02. The Morgan fingerprint density at radius 1 is 1.47 bits per heavy atom. The molecule has 3 nitrogen and oxygen atoms in total. The quantitative estimate of drug-likeness (QED) is 0.925. The molecule has 0 aromatic heterocycles. The molecule has 1 heterocycles. The van der Waals surface area contributed by atoms with Crippen molar-refractivity contribution >= 4 is 11.6 Å². The van der Waals surface area contributed by atoms with Crippen molar-refractivity contribution in [2.24, 2.45) is 5.92 Å². The van der Waals surface area contributed by atoms with Crippen molar-refractivity contribution < 1.29 is 14.6 Å². The fourth-order valence-corrected chi connectivity index (χ4v) is 2.71. The average Bonchev–Trinajstić information content (AvgIpc) is 2.39. The van der Waals surface area contributed by atoms with Crippen LogP contribution in [-0.4, -0.2) is 24.9 Å². The molecule has 1 aliphatic rings. The van der Waals surface area contributed by atoms with Crippen molar-refractivity contribution in [2.75, 3.05) is 13.7 Å². The summed E-state index contributed by atoms with van der Waals surface area (Å²) in [6.07, 6.45) is 1.29. The molecule has 1 aromatic carbocycles. The van der Waals surface area contributed by atoms with E-state index in [2.05, 4.69) is 13.8 Å². The van der Waals surface area contributed by atoms with Gasteiger partial charge in [-0.3, -0.25) is 0 Å². The van der Waals surface area contributed by atoms with Crippen molar-refractivity contribution in [3.8, 4) is 5.75 Å². The highest BCUT2D eigenvalue weighted by Crippen LogP contribution is 2.39. The number of aliphatic hydroxyl groups is 1. The number of hydrogen-bond acceptors (Lipinski definition) is 3. The van der Waals surface area contributed by atoms with Gasteiger partial charge in [0.15, 0.2) is 0 Å². The molecule has 19 heavy (non-hydrogen) atoms. The van der Waals surface area contributed by atoms with Crippen LogP contribution in [0.25, 0.3) is 0 Å². The van der Waals surface area contributed by atoms with Gasteiger partial charge in [0.1, 0.15) is 5.75 Å². The maximum Gasteiger partial charge on any atom is 0.137 e. The number of benzene rings is 1. The lowest BCUT2D eigenvalue weighted by Gasteiger charge is -2.39. The molecule has 1 aliphatic heterocycles. The summed E-state index contributed by atoms with van der Waals surface area (Å²) in [5, 5.41) is 11.5. The SMILES string of the molecule is COc1cc(C2(O)CCOC(C(C)C)C2)ccc1Cl. The predicted molar refractivity (Wildman–Crippen MR) is 75.7 cm³/mol. The minimum Gasteiger partial charge on any atom is -0.495 e. The summed E-state index contributed by atoms with van der Waals surface area (Å²) < 4.78 is 10.9. The zero-order valence-corrected chi connectivity index (χ0v) is 12.4. The third-order valence-corrected chi connectivity index (χ3v) is 4.13. The van der Waals surface area contributed by atoms with Gasteiger partial charge < -0.3 is 14.6 Å². The Morgan fingerprint density at radius 2 is 2.21 bits per heavy atom. The van der Waals surface area contributed by atoms with Gasteiger partial charge in [0.2, 0.25) is 0 Å². The summed E-state index contributed by atoms with van der Waals surface area (Å²) in [6, 6.07) is 5.46. The van der Waals surface area contributed by atoms with Gasteiger partial charge in [-0.25, -0.2) is 0 Å². The minimum atomic E-state index is -0.856. The smallest absolute Gasteiger partial charge is 0.137 e. The Labute approximate surface area is 119 Å².